The van der Waals surface area contributed by atoms with Crippen molar-refractivity contribution < 1.29 is 9.18 Å². The summed E-state index contributed by atoms with van der Waals surface area (Å²) in [4.78, 5) is 14.3. The average Bonchev–Trinajstić information content (AvgIpc) is 2.45. The third-order valence-electron chi connectivity index (χ3n) is 3.30. The van der Waals surface area contributed by atoms with Crippen LogP contribution < -0.4 is 5.32 Å². The highest BCUT2D eigenvalue weighted by Crippen LogP contribution is 2.22. The average molecular weight is 298 g/mol. The number of anilines is 1. The third-order valence-corrected chi connectivity index (χ3v) is 4.01. The molecule has 0 radical (unpaired) electrons. The topological polar surface area (TPSA) is 32.3 Å². The summed E-state index contributed by atoms with van der Waals surface area (Å²) in [7, 11) is 1.79. The molecule has 1 aromatic rings. The number of hydrogen-bond donors (Lipinski definition) is 1. The largest absolute Gasteiger partial charge is 0.382 e. The molecular weight excluding hydrogens is 275 g/mol. The fourth-order valence-electron chi connectivity index (χ4n) is 2.11. The van der Waals surface area contributed by atoms with E-state index in [1.807, 2.05) is 13.2 Å². The molecule has 20 heavy (non-hydrogen) atoms. The van der Waals surface area contributed by atoms with Gasteiger partial charge in [0.2, 0.25) is 0 Å². The zero-order chi connectivity index (χ0) is 15.1. The molecule has 1 unspecified atom stereocenters. The molecule has 0 aliphatic carbocycles. The summed E-state index contributed by atoms with van der Waals surface area (Å²) in [5, 5.41) is 2.94. The lowest BCUT2D eigenvalue weighted by Gasteiger charge is -2.27. The van der Waals surface area contributed by atoms with Crippen LogP contribution >= 0.6 is 11.8 Å². The number of nitrogens with zero attached hydrogens (tertiary/aromatic N) is 1. The van der Waals surface area contributed by atoms with Gasteiger partial charge in [0.15, 0.2) is 0 Å². The Morgan fingerprint density at radius 3 is 2.70 bits per heavy atom. The number of benzene rings is 1. The standard InChI is InChI=1S/C15H23FN2OS/c1-5-11(10-20-4)18(3)15(19)12-8-7-9-13(16)14(12)17-6-2/h7-9,11,17H,5-6,10H2,1-4H3. The molecule has 0 aromatic heterocycles. The highest BCUT2D eigenvalue weighted by atomic mass is 32.2. The van der Waals surface area contributed by atoms with Crippen LogP contribution in [0.15, 0.2) is 18.2 Å². The van der Waals surface area contributed by atoms with Gasteiger partial charge in [-0.1, -0.05) is 13.0 Å². The molecule has 1 amide bonds. The van der Waals surface area contributed by atoms with Crippen LogP contribution in [0.4, 0.5) is 10.1 Å². The van der Waals surface area contributed by atoms with E-state index in [1.165, 1.54) is 6.07 Å². The van der Waals surface area contributed by atoms with Gasteiger partial charge in [0.25, 0.3) is 5.91 Å². The van der Waals surface area contributed by atoms with Gasteiger partial charge < -0.3 is 10.2 Å². The Kier molecular flexibility index (Phi) is 6.85. The van der Waals surface area contributed by atoms with E-state index in [1.54, 1.807) is 35.8 Å². The Bertz CT molecular complexity index is 453. The lowest BCUT2D eigenvalue weighted by Crippen LogP contribution is -2.38. The van der Waals surface area contributed by atoms with Crippen molar-refractivity contribution in [3.63, 3.8) is 0 Å². The summed E-state index contributed by atoms with van der Waals surface area (Å²) in [6.07, 6.45) is 2.90. The summed E-state index contributed by atoms with van der Waals surface area (Å²) in [6, 6.07) is 4.78. The number of thioether (sulfide) groups is 1. The fraction of sp³-hybridized carbons (Fsp3) is 0.533. The van der Waals surface area contributed by atoms with Gasteiger partial charge >= 0.3 is 0 Å². The van der Waals surface area contributed by atoms with Crippen LogP contribution in [0.1, 0.15) is 30.6 Å². The highest BCUT2D eigenvalue weighted by Gasteiger charge is 2.22. The molecule has 0 fully saturated rings. The summed E-state index contributed by atoms with van der Waals surface area (Å²) in [5.41, 5.74) is 0.694. The van der Waals surface area contributed by atoms with Crippen LogP contribution in [0.3, 0.4) is 0 Å². The van der Waals surface area contributed by atoms with Gasteiger partial charge in [-0.2, -0.15) is 11.8 Å². The molecule has 0 aliphatic heterocycles. The van der Waals surface area contributed by atoms with Gasteiger partial charge in [-0.3, -0.25) is 4.79 Å². The maximum absolute atomic E-state index is 13.9. The molecule has 5 heteroatoms. The first-order valence-corrected chi connectivity index (χ1v) is 8.24. The van der Waals surface area contributed by atoms with E-state index in [9.17, 15) is 9.18 Å². The maximum Gasteiger partial charge on any atom is 0.256 e. The number of para-hydroxylation sites is 1. The molecule has 3 nitrogen and oxygen atoms in total. The van der Waals surface area contributed by atoms with Crippen LogP contribution in [0, 0.1) is 5.82 Å². The Hall–Kier alpha value is -1.23. The van der Waals surface area contributed by atoms with Crippen molar-refractivity contribution in [3.05, 3.63) is 29.6 Å². The first-order valence-electron chi connectivity index (χ1n) is 6.85. The number of amides is 1. The Morgan fingerprint density at radius 2 is 2.15 bits per heavy atom. The van der Waals surface area contributed by atoms with E-state index in [4.69, 9.17) is 0 Å². The summed E-state index contributed by atoms with van der Waals surface area (Å²) in [6.45, 7) is 4.52. The smallest absolute Gasteiger partial charge is 0.256 e. The minimum absolute atomic E-state index is 0.138. The third kappa shape index (κ3) is 3.88. The van der Waals surface area contributed by atoms with E-state index < -0.39 is 0 Å². The predicted molar refractivity (Wildman–Crippen MR) is 85.1 cm³/mol. The van der Waals surface area contributed by atoms with E-state index in [0.717, 1.165) is 12.2 Å². The van der Waals surface area contributed by atoms with Crippen molar-refractivity contribution in [1.82, 2.24) is 4.90 Å². The second-order valence-electron chi connectivity index (χ2n) is 4.63. The SMILES string of the molecule is CCNc1c(F)cccc1C(=O)N(C)C(CC)CSC. The minimum Gasteiger partial charge on any atom is -0.382 e. The highest BCUT2D eigenvalue weighted by molar-refractivity contribution is 7.98. The predicted octanol–water partition coefficient (Wildman–Crippen LogP) is 3.47. The second kappa shape index (κ2) is 8.15. The quantitative estimate of drug-likeness (QED) is 0.836. The molecular formula is C15H23FN2OS. The minimum atomic E-state index is -0.385. The number of hydrogen-bond acceptors (Lipinski definition) is 3. The monoisotopic (exact) mass is 298 g/mol. The van der Waals surface area contributed by atoms with E-state index in [-0.39, 0.29) is 17.8 Å². The van der Waals surface area contributed by atoms with Crippen molar-refractivity contribution in [2.24, 2.45) is 0 Å². The van der Waals surface area contributed by atoms with Crippen molar-refractivity contribution in [2.45, 2.75) is 26.3 Å². The van der Waals surface area contributed by atoms with Crippen LogP contribution in [0.2, 0.25) is 0 Å². The number of halogens is 1. The zero-order valence-electron chi connectivity index (χ0n) is 12.6. The van der Waals surface area contributed by atoms with E-state index in [2.05, 4.69) is 12.2 Å². The molecule has 1 aromatic carbocycles. The van der Waals surface area contributed by atoms with Gasteiger partial charge in [0.1, 0.15) is 5.82 Å². The van der Waals surface area contributed by atoms with Crippen molar-refractivity contribution in [3.8, 4) is 0 Å². The van der Waals surface area contributed by atoms with Gasteiger partial charge in [-0.15, -0.1) is 0 Å². The molecule has 1 rings (SSSR count). The van der Waals surface area contributed by atoms with E-state index in [0.29, 0.717) is 17.8 Å². The van der Waals surface area contributed by atoms with Crippen molar-refractivity contribution >= 4 is 23.4 Å². The van der Waals surface area contributed by atoms with Gasteiger partial charge in [0, 0.05) is 25.4 Å². The van der Waals surface area contributed by atoms with Crippen LogP contribution in [-0.2, 0) is 0 Å². The van der Waals surface area contributed by atoms with Gasteiger partial charge in [0.05, 0.1) is 11.3 Å². The Balaban J connectivity index is 3.04. The second-order valence-corrected chi connectivity index (χ2v) is 5.54. The molecule has 0 bridgehead atoms. The fourth-order valence-corrected chi connectivity index (χ4v) is 2.95. The lowest BCUT2D eigenvalue weighted by molar-refractivity contribution is 0.0744. The Labute approximate surface area is 124 Å². The molecule has 1 N–H and O–H groups in total. The number of rotatable bonds is 7. The molecule has 0 saturated carbocycles. The van der Waals surface area contributed by atoms with Crippen molar-refractivity contribution in [2.75, 3.05) is 30.9 Å². The molecule has 0 saturated heterocycles. The number of carbonyl (C=O) groups excluding carboxylic acids is 1. The summed E-state index contributed by atoms with van der Waals surface area (Å²) in [5.74, 6) is 0.357. The summed E-state index contributed by atoms with van der Waals surface area (Å²) < 4.78 is 13.9. The van der Waals surface area contributed by atoms with Crippen LogP contribution in [0.5, 0.6) is 0 Å². The maximum atomic E-state index is 13.9. The molecule has 0 aliphatic rings. The first-order chi connectivity index (χ1) is 9.56. The van der Waals surface area contributed by atoms with E-state index >= 15 is 0 Å². The molecule has 1 atom stereocenters. The Morgan fingerprint density at radius 1 is 1.45 bits per heavy atom. The number of nitrogens with one attached hydrogen (secondary N) is 1. The van der Waals surface area contributed by atoms with Gasteiger partial charge in [-0.25, -0.2) is 4.39 Å². The zero-order valence-corrected chi connectivity index (χ0v) is 13.4. The van der Waals surface area contributed by atoms with Gasteiger partial charge in [-0.05, 0) is 31.7 Å². The van der Waals surface area contributed by atoms with Crippen molar-refractivity contribution in [1.29, 1.82) is 0 Å². The molecule has 0 spiro atoms. The van der Waals surface area contributed by atoms with Crippen LogP contribution in [-0.4, -0.2) is 42.4 Å². The summed E-state index contributed by atoms with van der Waals surface area (Å²) >= 11 is 1.71. The molecule has 0 heterocycles. The normalized spacial score (nSPS) is 12.1. The lowest BCUT2D eigenvalue weighted by atomic mass is 10.1. The number of carbonyl (C=O) groups is 1. The van der Waals surface area contributed by atoms with Crippen LogP contribution in [0.25, 0.3) is 0 Å². The molecule has 112 valence electrons. The first kappa shape index (κ1) is 16.8.